The van der Waals surface area contributed by atoms with Crippen molar-refractivity contribution in [2.75, 3.05) is 13.7 Å². The molecule has 0 bridgehead atoms. The first-order chi connectivity index (χ1) is 10.2. The fourth-order valence-electron chi connectivity index (χ4n) is 2.30. The molecule has 4 heteroatoms. The molecule has 0 radical (unpaired) electrons. The van der Waals surface area contributed by atoms with Crippen LogP contribution in [0, 0.1) is 5.82 Å². The summed E-state index contributed by atoms with van der Waals surface area (Å²) in [7, 11) is 1.78. The molecule has 0 aliphatic rings. The summed E-state index contributed by atoms with van der Waals surface area (Å²) in [6.07, 6.45) is 0.916. The Morgan fingerprint density at radius 1 is 1.19 bits per heavy atom. The SMILES string of the molecule is CCCOc1ccccc1C(NC)c1c(F)cccc1Cl. The van der Waals surface area contributed by atoms with Gasteiger partial charge in [0.05, 0.1) is 12.6 Å². The van der Waals surface area contributed by atoms with Crippen LogP contribution in [0.4, 0.5) is 4.39 Å². The quantitative estimate of drug-likeness (QED) is 0.843. The smallest absolute Gasteiger partial charge is 0.129 e. The van der Waals surface area contributed by atoms with Crippen LogP contribution >= 0.6 is 11.6 Å². The lowest BCUT2D eigenvalue weighted by Crippen LogP contribution is -2.20. The number of benzene rings is 2. The van der Waals surface area contributed by atoms with Crippen molar-refractivity contribution in [3.63, 3.8) is 0 Å². The lowest BCUT2D eigenvalue weighted by molar-refractivity contribution is 0.312. The standard InChI is InChI=1S/C17H19ClFNO/c1-3-11-21-15-10-5-4-7-12(15)17(20-2)16-13(18)8-6-9-14(16)19/h4-10,17,20H,3,11H2,1-2H3. The molecule has 1 N–H and O–H groups in total. The van der Waals surface area contributed by atoms with Crippen LogP contribution in [-0.2, 0) is 0 Å². The third kappa shape index (κ3) is 3.55. The largest absolute Gasteiger partial charge is 0.493 e. The molecule has 0 aliphatic carbocycles. The maximum absolute atomic E-state index is 14.2. The van der Waals surface area contributed by atoms with Crippen molar-refractivity contribution >= 4 is 11.6 Å². The lowest BCUT2D eigenvalue weighted by atomic mass is 9.97. The second kappa shape index (κ2) is 7.43. The zero-order valence-corrected chi connectivity index (χ0v) is 13.0. The van der Waals surface area contributed by atoms with Crippen molar-refractivity contribution < 1.29 is 9.13 Å². The van der Waals surface area contributed by atoms with Gasteiger partial charge in [0.1, 0.15) is 11.6 Å². The van der Waals surface area contributed by atoms with Gasteiger partial charge in [0.2, 0.25) is 0 Å². The third-order valence-electron chi connectivity index (χ3n) is 3.27. The number of nitrogens with one attached hydrogen (secondary N) is 1. The van der Waals surface area contributed by atoms with Gasteiger partial charge in [-0.2, -0.15) is 0 Å². The van der Waals surface area contributed by atoms with Crippen molar-refractivity contribution in [1.29, 1.82) is 0 Å². The van der Waals surface area contributed by atoms with E-state index in [1.807, 2.05) is 31.2 Å². The molecule has 2 aromatic rings. The summed E-state index contributed by atoms with van der Waals surface area (Å²) in [6.45, 7) is 2.67. The molecule has 0 spiro atoms. The van der Waals surface area contributed by atoms with E-state index in [0.717, 1.165) is 17.7 Å². The van der Waals surface area contributed by atoms with E-state index in [2.05, 4.69) is 5.32 Å². The van der Waals surface area contributed by atoms with Crippen LogP contribution in [0.25, 0.3) is 0 Å². The van der Waals surface area contributed by atoms with Gasteiger partial charge in [0.15, 0.2) is 0 Å². The minimum atomic E-state index is -0.355. The second-order valence-corrected chi connectivity index (χ2v) is 5.15. The minimum Gasteiger partial charge on any atom is -0.493 e. The fraction of sp³-hybridized carbons (Fsp3) is 0.294. The topological polar surface area (TPSA) is 21.3 Å². The molecule has 2 aromatic carbocycles. The molecule has 0 aromatic heterocycles. The highest BCUT2D eigenvalue weighted by molar-refractivity contribution is 6.31. The Hall–Kier alpha value is -1.58. The maximum atomic E-state index is 14.2. The molecule has 0 saturated carbocycles. The van der Waals surface area contributed by atoms with Crippen LogP contribution in [-0.4, -0.2) is 13.7 Å². The number of rotatable bonds is 6. The minimum absolute atomic E-state index is 0.327. The number of hydrogen-bond donors (Lipinski definition) is 1. The summed E-state index contributed by atoms with van der Waals surface area (Å²) in [6, 6.07) is 12.0. The molecule has 2 nitrogen and oxygen atoms in total. The normalized spacial score (nSPS) is 12.2. The Balaban J connectivity index is 2.47. The molecular formula is C17H19ClFNO. The number of hydrogen-bond acceptors (Lipinski definition) is 2. The van der Waals surface area contributed by atoms with E-state index in [-0.39, 0.29) is 11.9 Å². The maximum Gasteiger partial charge on any atom is 0.129 e. The molecule has 0 saturated heterocycles. The van der Waals surface area contributed by atoms with Gasteiger partial charge in [-0.05, 0) is 31.7 Å². The van der Waals surface area contributed by atoms with Crippen LogP contribution in [0.2, 0.25) is 5.02 Å². The average molecular weight is 308 g/mol. The predicted molar refractivity (Wildman–Crippen MR) is 84.5 cm³/mol. The van der Waals surface area contributed by atoms with Gasteiger partial charge in [-0.25, -0.2) is 4.39 Å². The van der Waals surface area contributed by atoms with Gasteiger partial charge in [-0.3, -0.25) is 0 Å². The zero-order valence-electron chi connectivity index (χ0n) is 12.2. The van der Waals surface area contributed by atoms with Gasteiger partial charge in [-0.15, -0.1) is 0 Å². The molecule has 0 amide bonds. The first kappa shape index (κ1) is 15.8. The van der Waals surface area contributed by atoms with Gasteiger partial charge < -0.3 is 10.1 Å². The first-order valence-electron chi connectivity index (χ1n) is 7.02. The van der Waals surface area contributed by atoms with Crippen molar-refractivity contribution in [3.8, 4) is 5.75 Å². The highest BCUT2D eigenvalue weighted by Gasteiger charge is 2.22. The molecule has 112 valence electrons. The van der Waals surface area contributed by atoms with Gasteiger partial charge in [0, 0.05) is 16.1 Å². The first-order valence-corrected chi connectivity index (χ1v) is 7.39. The van der Waals surface area contributed by atoms with Crippen molar-refractivity contribution in [3.05, 3.63) is 64.4 Å². The number of ether oxygens (including phenoxy) is 1. The third-order valence-corrected chi connectivity index (χ3v) is 3.60. The fourth-order valence-corrected chi connectivity index (χ4v) is 2.58. The van der Waals surface area contributed by atoms with Crippen LogP contribution < -0.4 is 10.1 Å². The highest BCUT2D eigenvalue weighted by atomic mass is 35.5. The summed E-state index contributed by atoms with van der Waals surface area (Å²) < 4.78 is 20.0. The number of para-hydroxylation sites is 1. The average Bonchev–Trinajstić information content (AvgIpc) is 2.49. The molecule has 2 rings (SSSR count). The highest BCUT2D eigenvalue weighted by Crippen LogP contribution is 2.34. The van der Waals surface area contributed by atoms with Crippen LogP contribution in [0.5, 0.6) is 5.75 Å². The predicted octanol–water partition coefficient (Wildman–Crippen LogP) is 4.58. The van der Waals surface area contributed by atoms with E-state index < -0.39 is 0 Å². The Morgan fingerprint density at radius 2 is 1.95 bits per heavy atom. The Bertz CT molecular complexity index is 583. The molecular weight excluding hydrogens is 289 g/mol. The van der Waals surface area contributed by atoms with E-state index >= 15 is 0 Å². The van der Waals surface area contributed by atoms with Gasteiger partial charge in [0.25, 0.3) is 0 Å². The van der Waals surface area contributed by atoms with Crippen LogP contribution in [0.3, 0.4) is 0 Å². The van der Waals surface area contributed by atoms with Gasteiger partial charge >= 0.3 is 0 Å². The zero-order chi connectivity index (χ0) is 15.2. The van der Waals surface area contributed by atoms with E-state index in [1.54, 1.807) is 19.2 Å². The summed E-state index contributed by atoms with van der Waals surface area (Å²) >= 11 is 6.19. The summed E-state index contributed by atoms with van der Waals surface area (Å²) in [5, 5.41) is 3.53. The van der Waals surface area contributed by atoms with Crippen molar-refractivity contribution in [2.24, 2.45) is 0 Å². The Morgan fingerprint density at radius 3 is 2.62 bits per heavy atom. The summed E-state index contributed by atoms with van der Waals surface area (Å²) in [4.78, 5) is 0. The van der Waals surface area contributed by atoms with E-state index in [1.165, 1.54) is 6.07 Å². The number of halogens is 2. The molecule has 1 unspecified atom stereocenters. The molecule has 0 fully saturated rings. The molecule has 1 atom stereocenters. The molecule has 21 heavy (non-hydrogen) atoms. The van der Waals surface area contributed by atoms with Crippen molar-refractivity contribution in [1.82, 2.24) is 5.32 Å². The summed E-state index contributed by atoms with van der Waals surface area (Å²) in [5.74, 6) is 0.421. The van der Waals surface area contributed by atoms with Gasteiger partial charge in [-0.1, -0.05) is 42.8 Å². The van der Waals surface area contributed by atoms with Crippen LogP contribution in [0.15, 0.2) is 42.5 Å². The molecule has 0 heterocycles. The van der Waals surface area contributed by atoms with E-state index in [0.29, 0.717) is 17.2 Å². The van der Waals surface area contributed by atoms with Crippen molar-refractivity contribution in [2.45, 2.75) is 19.4 Å². The monoisotopic (exact) mass is 307 g/mol. The molecule has 0 aliphatic heterocycles. The Kier molecular flexibility index (Phi) is 5.59. The lowest BCUT2D eigenvalue weighted by Gasteiger charge is -2.22. The van der Waals surface area contributed by atoms with E-state index in [9.17, 15) is 4.39 Å². The second-order valence-electron chi connectivity index (χ2n) is 4.74. The van der Waals surface area contributed by atoms with Crippen LogP contribution in [0.1, 0.15) is 30.5 Å². The van der Waals surface area contributed by atoms with E-state index in [4.69, 9.17) is 16.3 Å². The summed E-state index contributed by atoms with van der Waals surface area (Å²) in [5.41, 5.74) is 1.31. The Labute approximate surface area is 129 Å².